The van der Waals surface area contributed by atoms with Crippen molar-refractivity contribution >= 4 is 0 Å². The summed E-state index contributed by atoms with van der Waals surface area (Å²) in [6, 6.07) is 4.29. The van der Waals surface area contributed by atoms with Crippen molar-refractivity contribution in [2.45, 2.75) is 123 Å². The van der Waals surface area contributed by atoms with Crippen LogP contribution in [0.3, 0.4) is 0 Å². The van der Waals surface area contributed by atoms with Crippen molar-refractivity contribution in [1.82, 2.24) is 4.98 Å². The number of hydrogen-bond donors (Lipinski definition) is 0. The standard InChI is InChI=1S/C27H47NO/c1-3-5-7-9-11-13-24-14-16-25(17-15-24)18-19-26-20-21-27(23-28-26)29-22-12-10-8-6-4-2/h20-21,23-25H,3-19,22H2,1-2H3/t24-,25-. The minimum atomic E-state index is 0.826. The van der Waals surface area contributed by atoms with Gasteiger partial charge in [-0.3, -0.25) is 4.98 Å². The second kappa shape index (κ2) is 15.7. The molecule has 0 atom stereocenters. The van der Waals surface area contributed by atoms with Crippen LogP contribution in [0.5, 0.6) is 5.75 Å². The van der Waals surface area contributed by atoms with E-state index in [-0.39, 0.29) is 0 Å². The average Bonchev–Trinajstić information content (AvgIpc) is 2.76. The van der Waals surface area contributed by atoms with Gasteiger partial charge in [0.05, 0.1) is 12.8 Å². The molecule has 1 aromatic heterocycles. The molecule has 2 heteroatoms. The molecule has 0 radical (unpaired) electrons. The first-order chi connectivity index (χ1) is 14.3. The fourth-order valence-corrected chi connectivity index (χ4v) is 4.74. The van der Waals surface area contributed by atoms with Gasteiger partial charge in [-0.05, 0) is 43.2 Å². The molecule has 0 aliphatic heterocycles. The Morgan fingerprint density at radius 1 is 0.759 bits per heavy atom. The zero-order valence-electron chi connectivity index (χ0n) is 19.5. The topological polar surface area (TPSA) is 22.1 Å². The minimum absolute atomic E-state index is 0.826. The Labute approximate surface area is 181 Å². The fraction of sp³-hybridized carbons (Fsp3) is 0.815. The molecule has 1 aliphatic carbocycles. The minimum Gasteiger partial charge on any atom is -0.492 e. The maximum Gasteiger partial charge on any atom is 0.137 e. The van der Waals surface area contributed by atoms with Crippen LogP contribution in [0, 0.1) is 11.8 Å². The smallest absolute Gasteiger partial charge is 0.137 e. The molecule has 0 bridgehead atoms. The summed E-state index contributed by atoms with van der Waals surface area (Å²) in [6.45, 7) is 5.38. The third-order valence-corrected chi connectivity index (χ3v) is 6.81. The van der Waals surface area contributed by atoms with Crippen molar-refractivity contribution in [3.63, 3.8) is 0 Å². The summed E-state index contributed by atoms with van der Waals surface area (Å²) in [5.41, 5.74) is 1.23. The van der Waals surface area contributed by atoms with Crippen LogP contribution in [-0.4, -0.2) is 11.6 Å². The Balaban J connectivity index is 1.53. The summed E-state index contributed by atoms with van der Waals surface area (Å²) in [7, 11) is 0. The van der Waals surface area contributed by atoms with E-state index >= 15 is 0 Å². The molecule has 1 aliphatic rings. The molecule has 2 rings (SSSR count). The fourth-order valence-electron chi connectivity index (χ4n) is 4.74. The molecule has 29 heavy (non-hydrogen) atoms. The third-order valence-electron chi connectivity index (χ3n) is 6.81. The summed E-state index contributed by atoms with van der Waals surface area (Å²) in [5, 5.41) is 0. The summed E-state index contributed by atoms with van der Waals surface area (Å²) < 4.78 is 5.84. The van der Waals surface area contributed by atoms with Crippen LogP contribution < -0.4 is 4.74 Å². The van der Waals surface area contributed by atoms with Crippen LogP contribution in [0.1, 0.15) is 122 Å². The lowest BCUT2D eigenvalue weighted by atomic mass is 9.78. The zero-order valence-corrected chi connectivity index (χ0v) is 19.5. The molecule has 1 aromatic rings. The van der Waals surface area contributed by atoms with Crippen LogP contribution in [0.25, 0.3) is 0 Å². The first kappa shape index (κ1) is 24.2. The maximum atomic E-state index is 5.84. The SMILES string of the molecule is CCCCCCCOc1ccc(CC[C@H]2CC[C@H](CCCCCCC)CC2)nc1. The van der Waals surface area contributed by atoms with E-state index in [4.69, 9.17) is 4.74 Å². The summed E-state index contributed by atoms with van der Waals surface area (Å²) in [4.78, 5) is 4.65. The van der Waals surface area contributed by atoms with Crippen LogP contribution in [-0.2, 0) is 6.42 Å². The Morgan fingerprint density at radius 2 is 1.38 bits per heavy atom. The third kappa shape index (κ3) is 11.1. The van der Waals surface area contributed by atoms with Gasteiger partial charge < -0.3 is 4.74 Å². The molecule has 2 nitrogen and oxygen atoms in total. The Morgan fingerprint density at radius 3 is 2.00 bits per heavy atom. The van der Waals surface area contributed by atoms with Gasteiger partial charge >= 0.3 is 0 Å². The van der Waals surface area contributed by atoms with E-state index in [9.17, 15) is 0 Å². The number of unbranched alkanes of at least 4 members (excludes halogenated alkanes) is 8. The Hall–Kier alpha value is -1.05. The molecule has 0 unspecified atom stereocenters. The average molecular weight is 402 g/mol. The Bertz CT molecular complexity index is 490. The quantitative estimate of drug-likeness (QED) is 0.259. The molecule has 1 fully saturated rings. The second-order valence-corrected chi connectivity index (χ2v) is 9.38. The number of rotatable bonds is 16. The number of nitrogens with zero attached hydrogens (tertiary/aromatic N) is 1. The van der Waals surface area contributed by atoms with Gasteiger partial charge in [0, 0.05) is 5.69 Å². The van der Waals surface area contributed by atoms with Gasteiger partial charge in [-0.15, -0.1) is 0 Å². The molecule has 1 heterocycles. The van der Waals surface area contributed by atoms with Crippen LogP contribution in [0.15, 0.2) is 18.3 Å². The lowest BCUT2D eigenvalue weighted by Gasteiger charge is -2.28. The van der Waals surface area contributed by atoms with E-state index < -0.39 is 0 Å². The zero-order chi connectivity index (χ0) is 20.6. The van der Waals surface area contributed by atoms with Crippen molar-refractivity contribution in [2.75, 3.05) is 6.61 Å². The molecule has 0 aromatic carbocycles. The van der Waals surface area contributed by atoms with E-state index in [0.29, 0.717) is 0 Å². The number of aromatic nitrogens is 1. The molecular weight excluding hydrogens is 354 g/mol. The largest absolute Gasteiger partial charge is 0.492 e. The van der Waals surface area contributed by atoms with Gasteiger partial charge in [0.25, 0.3) is 0 Å². The molecule has 166 valence electrons. The first-order valence-electron chi connectivity index (χ1n) is 12.9. The molecule has 1 saturated carbocycles. The molecule has 0 spiro atoms. The van der Waals surface area contributed by atoms with Crippen LogP contribution in [0.2, 0.25) is 0 Å². The first-order valence-corrected chi connectivity index (χ1v) is 12.9. The highest BCUT2D eigenvalue weighted by molar-refractivity contribution is 5.19. The van der Waals surface area contributed by atoms with Crippen molar-refractivity contribution in [3.05, 3.63) is 24.0 Å². The van der Waals surface area contributed by atoms with Gasteiger partial charge in [0.2, 0.25) is 0 Å². The highest BCUT2D eigenvalue weighted by Crippen LogP contribution is 2.34. The molecule has 0 amide bonds. The predicted molar refractivity (Wildman–Crippen MR) is 126 cm³/mol. The number of ether oxygens (including phenoxy) is 1. The van der Waals surface area contributed by atoms with Gasteiger partial charge in [-0.25, -0.2) is 0 Å². The summed E-state index contributed by atoms with van der Waals surface area (Å²) >= 11 is 0. The predicted octanol–water partition coefficient (Wildman–Crippen LogP) is 8.53. The normalized spacial score (nSPS) is 19.4. The van der Waals surface area contributed by atoms with Crippen molar-refractivity contribution in [1.29, 1.82) is 0 Å². The number of aryl methyl sites for hydroxylation is 1. The van der Waals surface area contributed by atoms with E-state index in [2.05, 4.69) is 31.0 Å². The maximum absolute atomic E-state index is 5.84. The lowest BCUT2D eigenvalue weighted by Crippen LogP contribution is -2.15. The molecule has 0 N–H and O–H groups in total. The van der Waals surface area contributed by atoms with Gasteiger partial charge in [0.15, 0.2) is 0 Å². The summed E-state index contributed by atoms with van der Waals surface area (Å²) in [5.74, 6) is 2.88. The Kier molecular flexibility index (Phi) is 13.2. The van der Waals surface area contributed by atoms with Crippen molar-refractivity contribution in [2.24, 2.45) is 11.8 Å². The van der Waals surface area contributed by atoms with Gasteiger partial charge in [-0.1, -0.05) is 104 Å². The number of pyridine rings is 1. The van der Waals surface area contributed by atoms with E-state index in [0.717, 1.165) is 37.0 Å². The number of hydrogen-bond acceptors (Lipinski definition) is 2. The van der Waals surface area contributed by atoms with Crippen LogP contribution in [0.4, 0.5) is 0 Å². The van der Waals surface area contributed by atoms with E-state index in [1.54, 1.807) is 0 Å². The van der Waals surface area contributed by atoms with Crippen LogP contribution >= 0.6 is 0 Å². The van der Waals surface area contributed by atoms with Crippen molar-refractivity contribution in [3.8, 4) is 5.75 Å². The van der Waals surface area contributed by atoms with Gasteiger partial charge in [-0.2, -0.15) is 0 Å². The monoisotopic (exact) mass is 401 g/mol. The summed E-state index contributed by atoms with van der Waals surface area (Å²) in [6.07, 6.45) is 25.2. The van der Waals surface area contributed by atoms with Gasteiger partial charge in [0.1, 0.15) is 5.75 Å². The van der Waals surface area contributed by atoms with E-state index in [1.165, 1.54) is 102 Å². The molecule has 0 saturated heterocycles. The highest BCUT2D eigenvalue weighted by Gasteiger charge is 2.20. The van der Waals surface area contributed by atoms with Crippen molar-refractivity contribution < 1.29 is 4.74 Å². The lowest BCUT2D eigenvalue weighted by molar-refractivity contribution is 0.248. The molecular formula is C27H47NO. The van der Waals surface area contributed by atoms with E-state index in [1.807, 2.05) is 6.20 Å². The second-order valence-electron chi connectivity index (χ2n) is 9.38. The highest BCUT2D eigenvalue weighted by atomic mass is 16.5.